The van der Waals surface area contributed by atoms with Crippen LogP contribution >= 0.6 is 23.4 Å². The summed E-state index contributed by atoms with van der Waals surface area (Å²) in [5.74, 6) is 2.09. The van der Waals surface area contributed by atoms with Crippen LogP contribution in [0.5, 0.6) is 11.5 Å². The molecule has 0 aromatic heterocycles. The van der Waals surface area contributed by atoms with Gasteiger partial charge in [0.15, 0.2) is 11.5 Å². The predicted molar refractivity (Wildman–Crippen MR) is 107 cm³/mol. The lowest BCUT2D eigenvalue weighted by atomic mass is 10.1. The summed E-state index contributed by atoms with van der Waals surface area (Å²) in [5.41, 5.74) is 1.77. The van der Waals surface area contributed by atoms with Crippen LogP contribution in [0.15, 0.2) is 42.5 Å². The Labute approximate surface area is 163 Å². The van der Waals surface area contributed by atoms with E-state index in [1.807, 2.05) is 34.9 Å². The second-order valence-electron chi connectivity index (χ2n) is 6.03. The number of amides is 1. The van der Waals surface area contributed by atoms with Crippen molar-refractivity contribution in [3.63, 3.8) is 0 Å². The first-order valence-electron chi connectivity index (χ1n) is 8.51. The van der Waals surface area contributed by atoms with Gasteiger partial charge in [-0.2, -0.15) is 11.8 Å². The van der Waals surface area contributed by atoms with Gasteiger partial charge in [-0.1, -0.05) is 29.8 Å². The quantitative estimate of drug-likeness (QED) is 0.758. The second-order valence-corrected chi connectivity index (χ2v) is 7.75. The lowest BCUT2D eigenvalue weighted by Crippen LogP contribution is -2.33. The Hall–Kier alpha value is -1.85. The molecule has 0 saturated carbocycles. The number of nitrogens with zero attached hydrogens (tertiary/aromatic N) is 1. The standard InChI is InChI=1S/C20H22ClNO3S/c1-24-17-8-7-14(13-18(17)25-2)20(23)22-10-9-19(26-12-11-22)15-5-3-4-6-16(15)21/h3-8,13,19H,9-12H2,1-2H3/t19-/m0/s1. The first-order valence-corrected chi connectivity index (χ1v) is 9.94. The molecule has 138 valence electrons. The molecule has 26 heavy (non-hydrogen) atoms. The molecule has 1 aliphatic heterocycles. The van der Waals surface area contributed by atoms with Gasteiger partial charge in [0.25, 0.3) is 5.91 Å². The van der Waals surface area contributed by atoms with E-state index in [1.54, 1.807) is 32.4 Å². The van der Waals surface area contributed by atoms with Crippen LogP contribution in [0.4, 0.5) is 0 Å². The molecule has 0 bridgehead atoms. The molecule has 1 atom stereocenters. The Balaban J connectivity index is 1.73. The van der Waals surface area contributed by atoms with Gasteiger partial charge in [0.1, 0.15) is 0 Å². The van der Waals surface area contributed by atoms with Gasteiger partial charge in [-0.15, -0.1) is 0 Å². The van der Waals surface area contributed by atoms with Crippen molar-refractivity contribution in [3.05, 3.63) is 58.6 Å². The van der Waals surface area contributed by atoms with E-state index in [-0.39, 0.29) is 5.91 Å². The molecule has 0 radical (unpaired) electrons. The highest BCUT2D eigenvalue weighted by Crippen LogP contribution is 2.38. The fourth-order valence-corrected chi connectivity index (χ4v) is 4.71. The van der Waals surface area contributed by atoms with Crippen molar-refractivity contribution < 1.29 is 14.3 Å². The molecule has 1 amide bonds. The van der Waals surface area contributed by atoms with Crippen molar-refractivity contribution in [2.45, 2.75) is 11.7 Å². The third-order valence-electron chi connectivity index (χ3n) is 4.51. The molecule has 2 aromatic rings. The number of carbonyl (C=O) groups excluding carboxylic acids is 1. The van der Waals surface area contributed by atoms with Gasteiger partial charge in [-0.05, 0) is 36.2 Å². The molecular formula is C20H22ClNO3S. The van der Waals surface area contributed by atoms with Crippen LogP contribution in [-0.4, -0.2) is 43.9 Å². The van der Waals surface area contributed by atoms with E-state index in [0.29, 0.717) is 28.9 Å². The largest absolute Gasteiger partial charge is 0.493 e. The fourth-order valence-electron chi connectivity index (χ4n) is 3.11. The van der Waals surface area contributed by atoms with Crippen molar-refractivity contribution in [2.24, 2.45) is 0 Å². The minimum atomic E-state index is 0.0198. The van der Waals surface area contributed by atoms with E-state index in [2.05, 4.69) is 6.07 Å². The second kappa shape index (κ2) is 8.69. The Morgan fingerprint density at radius 1 is 1.12 bits per heavy atom. The number of methoxy groups -OCH3 is 2. The molecule has 1 fully saturated rings. The zero-order valence-electron chi connectivity index (χ0n) is 14.9. The highest BCUT2D eigenvalue weighted by molar-refractivity contribution is 7.99. The summed E-state index contributed by atoms with van der Waals surface area (Å²) >= 11 is 8.21. The maximum Gasteiger partial charge on any atom is 0.254 e. The van der Waals surface area contributed by atoms with Crippen LogP contribution in [0.2, 0.25) is 5.02 Å². The predicted octanol–water partition coefficient (Wildman–Crippen LogP) is 4.68. The molecule has 0 aliphatic carbocycles. The van der Waals surface area contributed by atoms with Gasteiger partial charge in [0.05, 0.1) is 14.2 Å². The van der Waals surface area contributed by atoms with Crippen LogP contribution in [0.1, 0.15) is 27.6 Å². The molecule has 0 spiro atoms. The number of thioether (sulfide) groups is 1. The summed E-state index contributed by atoms with van der Waals surface area (Å²) in [6.07, 6.45) is 0.882. The molecule has 3 rings (SSSR count). The molecule has 1 heterocycles. The summed E-state index contributed by atoms with van der Waals surface area (Å²) < 4.78 is 10.6. The van der Waals surface area contributed by atoms with Gasteiger partial charge in [-0.25, -0.2) is 0 Å². The summed E-state index contributed by atoms with van der Waals surface area (Å²) in [7, 11) is 3.16. The van der Waals surface area contributed by atoms with Crippen molar-refractivity contribution in [2.75, 3.05) is 33.1 Å². The number of hydrogen-bond donors (Lipinski definition) is 0. The first-order chi connectivity index (χ1) is 12.6. The summed E-state index contributed by atoms with van der Waals surface area (Å²) in [6.45, 7) is 1.43. The first kappa shape index (κ1) is 18.9. The van der Waals surface area contributed by atoms with Gasteiger partial charge in [0, 0.05) is 34.7 Å². The van der Waals surface area contributed by atoms with E-state index in [4.69, 9.17) is 21.1 Å². The smallest absolute Gasteiger partial charge is 0.254 e. The van der Waals surface area contributed by atoms with Crippen molar-refractivity contribution in [3.8, 4) is 11.5 Å². The third-order valence-corrected chi connectivity index (χ3v) is 6.17. The van der Waals surface area contributed by atoms with E-state index in [1.165, 1.54) is 0 Å². The Bertz CT molecular complexity index is 783. The van der Waals surface area contributed by atoms with E-state index in [0.717, 1.165) is 29.3 Å². The number of ether oxygens (including phenoxy) is 2. The van der Waals surface area contributed by atoms with Crippen LogP contribution in [0.25, 0.3) is 0 Å². The molecule has 0 unspecified atom stereocenters. The van der Waals surface area contributed by atoms with Crippen LogP contribution in [-0.2, 0) is 0 Å². The van der Waals surface area contributed by atoms with E-state index in [9.17, 15) is 4.79 Å². The normalized spacial score (nSPS) is 17.5. The third kappa shape index (κ3) is 4.10. The minimum Gasteiger partial charge on any atom is -0.493 e. The Kier molecular flexibility index (Phi) is 6.33. The van der Waals surface area contributed by atoms with Crippen LogP contribution < -0.4 is 9.47 Å². The highest BCUT2D eigenvalue weighted by Gasteiger charge is 2.24. The van der Waals surface area contributed by atoms with Crippen molar-refractivity contribution >= 4 is 29.3 Å². The summed E-state index contributed by atoms with van der Waals surface area (Å²) in [5, 5.41) is 1.11. The maximum atomic E-state index is 12.9. The van der Waals surface area contributed by atoms with Crippen molar-refractivity contribution in [1.82, 2.24) is 4.90 Å². The van der Waals surface area contributed by atoms with Gasteiger partial charge < -0.3 is 14.4 Å². The Morgan fingerprint density at radius 2 is 1.88 bits per heavy atom. The zero-order valence-corrected chi connectivity index (χ0v) is 16.5. The Morgan fingerprint density at radius 3 is 2.62 bits per heavy atom. The number of benzene rings is 2. The SMILES string of the molecule is COc1ccc(C(=O)N2CCS[C@H](c3ccccc3Cl)CC2)cc1OC. The lowest BCUT2D eigenvalue weighted by Gasteiger charge is -2.21. The number of carbonyl (C=O) groups is 1. The zero-order chi connectivity index (χ0) is 18.5. The topological polar surface area (TPSA) is 38.8 Å². The molecule has 2 aromatic carbocycles. The number of rotatable bonds is 4. The van der Waals surface area contributed by atoms with Crippen LogP contribution in [0, 0.1) is 0 Å². The van der Waals surface area contributed by atoms with Gasteiger partial charge >= 0.3 is 0 Å². The maximum absolute atomic E-state index is 12.9. The summed E-state index contributed by atoms with van der Waals surface area (Å²) in [6, 6.07) is 13.3. The molecule has 1 saturated heterocycles. The van der Waals surface area contributed by atoms with Crippen LogP contribution in [0.3, 0.4) is 0 Å². The van der Waals surface area contributed by atoms with E-state index >= 15 is 0 Å². The average molecular weight is 392 g/mol. The molecule has 1 aliphatic rings. The van der Waals surface area contributed by atoms with Crippen molar-refractivity contribution in [1.29, 1.82) is 0 Å². The number of halogens is 1. The van der Waals surface area contributed by atoms with E-state index < -0.39 is 0 Å². The lowest BCUT2D eigenvalue weighted by molar-refractivity contribution is 0.0766. The highest BCUT2D eigenvalue weighted by atomic mass is 35.5. The molecule has 4 nitrogen and oxygen atoms in total. The summed E-state index contributed by atoms with van der Waals surface area (Å²) in [4.78, 5) is 14.8. The van der Waals surface area contributed by atoms with Gasteiger partial charge in [0.2, 0.25) is 0 Å². The number of hydrogen-bond acceptors (Lipinski definition) is 4. The molecular weight excluding hydrogens is 370 g/mol. The molecule has 6 heteroatoms. The fraction of sp³-hybridized carbons (Fsp3) is 0.350. The van der Waals surface area contributed by atoms with Gasteiger partial charge in [-0.3, -0.25) is 4.79 Å². The monoisotopic (exact) mass is 391 g/mol. The molecule has 0 N–H and O–H groups in total. The average Bonchev–Trinajstić information content (AvgIpc) is 2.93. The minimum absolute atomic E-state index is 0.0198.